The summed E-state index contributed by atoms with van der Waals surface area (Å²) in [7, 11) is 0. The van der Waals surface area contributed by atoms with E-state index in [0.29, 0.717) is 5.56 Å². The van der Waals surface area contributed by atoms with Crippen LogP contribution in [0.1, 0.15) is 39.2 Å². The highest BCUT2D eigenvalue weighted by Crippen LogP contribution is 2.40. The number of rotatable bonds is 8. The molecule has 3 unspecified atom stereocenters. The molecule has 3 N–H and O–H groups in total. The molecule has 2 aromatic rings. The lowest BCUT2D eigenvalue weighted by Gasteiger charge is -2.32. The molecule has 0 spiro atoms. The number of nitrogens with zero attached hydrogens (tertiary/aromatic N) is 5. The highest BCUT2D eigenvalue weighted by atomic mass is 35.5. The minimum atomic E-state index is -1.45. The first-order valence-corrected chi connectivity index (χ1v) is 11.7. The van der Waals surface area contributed by atoms with Gasteiger partial charge in [0.15, 0.2) is 17.7 Å². The summed E-state index contributed by atoms with van der Waals surface area (Å²) in [5.74, 6) is 0.158. The number of anilines is 1. The zero-order valence-corrected chi connectivity index (χ0v) is 21.7. The van der Waals surface area contributed by atoms with E-state index in [-0.39, 0.29) is 51.5 Å². The molecule has 2 heterocycles. The predicted octanol–water partition coefficient (Wildman–Crippen LogP) is 3.48. The van der Waals surface area contributed by atoms with Crippen LogP contribution in [-0.4, -0.2) is 57.8 Å². The van der Waals surface area contributed by atoms with E-state index in [9.17, 15) is 15.0 Å². The number of aliphatic hydroxyl groups excluding tert-OH is 2. The van der Waals surface area contributed by atoms with Crippen molar-refractivity contribution in [2.75, 3.05) is 11.6 Å². The number of aromatic nitrogens is 2. The van der Waals surface area contributed by atoms with Crippen molar-refractivity contribution in [2.45, 2.75) is 52.5 Å². The fourth-order valence-corrected chi connectivity index (χ4v) is 3.63. The molecule has 0 bridgehead atoms. The molecule has 0 radical (unpaired) electrons. The van der Waals surface area contributed by atoms with Gasteiger partial charge in [0, 0.05) is 18.6 Å². The van der Waals surface area contributed by atoms with Crippen molar-refractivity contribution in [2.24, 2.45) is 5.10 Å². The first kappa shape index (κ1) is 28.2. The molecule has 1 aromatic carbocycles. The number of benzene rings is 1. The number of carbonyl (C=O) groups is 1. The molecule has 1 aromatic heterocycles. The van der Waals surface area contributed by atoms with Gasteiger partial charge in [0.2, 0.25) is 24.4 Å². The number of halogens is 2. The summed E-state index contributed by atoms with van der Waals surface area (Å²) in [4.78, 5) is 11.5. The fraction of sp³-hybridized carbons (Fsp3) is 0.409. The van der Waals surface area contributed by atoms with Gasteiger partial charge in [-0.2, -0.15) is 10.4 Å². The van der Waals surface area contributed by atoms with Crippen LogP contribution in [0.2, 0.25) is 10.0 Å². The number of aliphatic hydroxyl groups is 2. The number of hydrogen-bond acceptors (Lipinski definition) is 13. The Morgan fingerprint density at radius 1 is 1.22 bits per heavy atom. The van der Waals surface area contributed by atoms with E-state index in [4.69, 9.17) is 47.4 Å². The molecule has 0 amide bonds. The lowest BCUT2D eigenvalue weighted by Crippen LogP contribution is -2.55. The minimum Gasteiger partial charge on any atom is -0.436 e. The molecular formula is C22H24Cl2N6O7. The Morgan fingerprint density at radius 3 is 2.49 bits per heavy atom. The van der Waals surface area contributed by atoms with Crippen molar-refractivity contribution in [3.8, 4) is 23.6 Å². The Bertz CT molecular complexity index is 1200. The summed E-state index contributed by atoms with van der Waals surface area (Å²) in [5.41, 5.74) is 0.557. The highest BCUT2D eigenvalue weighted by Gasteiger charge is 2.29. The molecule has 0 saturated carbocycles. The van der Waals surface area contributed by atoms with Crippen LogP contribution in [0.4, 0.5) is 10.5 Å². The summed E-state index contributed by atoms with van der Waals surface area (Å²) in [6.07, 6.45) is -4.74. The van der Waals surface area contributed by atoms with Gasteiger partial charge in [0.25, 0.3) is 0 Å². The number of nitriles is 1. The van der Waals surface area contributed by atoms with Gasteiger partial charge in [-0.15, -0.1) is 10.2 Å². The summed E-state index contributed by atoms with van der Waals surface area (Å²) in [6.45, 7) is 7.10. The third-order valence-corrected chi connectivity index (χ3v) is 5.33. The van der Waals surface area contributed by atoms with Gasteiger partial charge in [-0.3, -0.25) is 0 Å². The van der Waals surface area contributed by atoms with Crippen LogP contribution in [0.25, 0.3) is 0 Å². The van der Waals surface area contributed by atoms with E-state index in [1.807, 2.05) is 13.8 Å². The van der Waals surface area contributed by atoms with Crippen molar-refractivity contribution in [3.63, 3.8) is 0 Å². The standard InChI is InChI=1S/C22H24Cl2N6O7/c1-5-34-22(33)36-11(4)35-20-13(10(2)3)8-17(27-28-20)37-18-14(23)6-12(7-15(18)24)30-21(32)26-19(31)16(9-25)29-30/h6-8,10-11,19,21,26,31-32H,5H2,1-4H3. The molecule has 3 atom stereocenters. The Balaban J connectivity index is 1.84. The average Bonchev–Trinajstić information content (AvgIpc) is 2.82. The number of hydrogen-bond donors (Lipinski definition) is 3. The fourth-order valence-electron chi connectivity index (χ4n) is 3.08. The first-order valence-electron chi connectivity index (χ1n) is 11.0. The topological polar surface area (TPSA) is 172 Å². The van der Waals surface area contributed by atoms with Crippen LogP contribution in [0, 0.1) is 11.3 Å². The monoisotopic (exact) mass is 554 g/mol. The highest BCUT2D eigenvalue weighted by molar-refractivity contribution is 6.37. The SMILES string of the molecule is CCOC(=O)OC(C)Oc1nnc(Oc2c(Cl)cc(N3N=C(C#N)C(O)NC3O)cc2Cl)cc1C(C)C. The quantitative estimate of drug-likeness (QED) is 0.320. The van der Waals surface area contributed by atoms with Crippen molar-refractivity contribution < 1.29 is 34.0 Å². The molecule has 0 fully saturated rings. The third-order valence-electron chi connectivity index (χ3n) is 4.77. The number of carbonyl (C=O) groups excluding carboxylic acids is 1. The van der Waals surface area contributed by atoms with E-state index in [1.54, 1.807) is 19.1 Å². The molecule has 198 valence electrons. The maximum Gasteiger partial charge on any atom is 0.511 e. The van der Waals surface area contributed by atoms with Crippen LogP contribution in [0.15, 0.2) is 23.3 Å². The third kappa shape index (κ3) is 6.88. The van der Waals surface area contributed by atoms with Crippen molar-refractivity contribution >= 4 is 40.8 Å². The zero-order valence-electron chi connectivity index (χ0n) is 20.2. The molecular weight excluding hydrogens is 531 g/mol. The molecule has 1 aliphatic rings. The van der Waals surface area contributed by atoms with E-state index in [0.717, 1.165) is 5.01 Å². The van der Waals surface area contributed by atoms with Crippen LogP contribution in [0.5, 0.6) is 17.5 Å². The van der Waals surface area contributed by atoms with Gasteiger partial charge < -0.3 is 29.2 Å². The maximum absolute atomic E-state index is 11.5. The van der Waals surface area contributed by atoms with Gasteiger partial charge in [-0.25, -0.2) is 15.1 Å². The normalized spacial score (nSPS) is 18.1. The largest absolute Gasteiger partial charge is 0.511 e. The molecule has 0 aliphatic carbocycles. The smallest absolute Gasteiger partial charge is 0.436 e. The Kier molecular flexibility index (Phi) is 9.30. The average molecular weight is 555 g/mol. The lowest BCUT2D eigenvalue weighted by atomic mass is 10.1. The van der Waals surface area contributed by atoms with Crippen molar-refractivity contribution in [1.82, 2.24) is 15.5 Å². The Hall–Kier alpha value is -3.41. The van der Waals surface area contributed by atoms with Crippen molar-refractivity contribution in [3.05, 3.63) is 33.8 Å². The molecule has 0 saturated heterocycles. The Morgan fingerprint density at radius 2 is 1.89 bits per heavy atom. The Labute approximate surface area is 222 Å². The van der Waals surface area contributed by atoms with Crippen LogP contribution in [0.3, 0.4) is 0 Å². The second kappa shape index (κ2) is 12.2. The number of hydrazone groups is 1. The molecule has 37 heavy (non-hydrogen) atoms. The summed E-state index contributed by atoms with van der Waals surface area (Å²) in [5, 5.41) is 44.5. The first-order chi connectivity index (χ1) is 17.5. The van der Waals surface area contributed by atoms with E-state index in [1.165, 1.54) is 19.1 Å². The van der Waals surface area contributed by atoms with E-state index >= 15 is 0 Å². The molecule has 15 heteroatoms. The van der Waals surface area contributed by atoms with Gasteiger partial charge in [-0.05, 0) is 25.0 Å². The summed E-state index contributed by atoms with van der Waals surface area (Å²) < 4.78 is 21.1. The van der Waals surface area contributed by atoms with Crippen LogP contribution >= 0.6 is 23.2 Å². The predicted molar refractivity (Wildman–Crippen MR) is 132 cm³/mol. The van der Waals surface area contributed by atoms with E-state index in [2.05, 4.69) is 20.6 Å². The molecule has 13 nitrogen and oxygen atoms in total. The summed E-state index contributed by atoms with van der Waals surface area (Å²) >= 11 is 12.8. The van der Waals surface area contributed by atoms with Crippen LogP contribution in [-0.2, 0) is 9.47 Å². The maximum atomic E-state index is 11.5. The minimum absolute atomic E-state index is 0.0409. The van der Waals surface area contributed by atoms with Crippen LogP contribution < -0.4 is 19.8 Å². The van der Waals surface area contributed by atoms with Gasteiger partial charge in [-0.1, -0.05) is 37.0 Å². The van der Waals surface area contributed by atoms with Crippen molar-refractivity contribution in [1.29, 1.82) is 5.26 Å². The second-order valence-electron chi connectivity index (χ2n) is 7.81. The lowest BCUT2D eigenvalue weighted by molar-refractivity contribution is -0.0547. The molecule has 3 rings (SSSR count). The second-order valence-corrected chi connectivity index (χ2v) is 8.62. The van der Waals surface area contributed by atoms with Gasteiger partial charge >= 0.3 is 6.16 Å². The van der Waals surface area contributed by atoms with Gasteiger partial charge in [0.1, 0.15) is 6.07 Å². The number of ether oxygens (including phenoxy) is 4. The number of nitrogens with one attached hydrogen (secondary N) is 1. The zero-order chi connectivity index (χ0) is 27.3. The van der Waals surface area contributed by atoms with E-state index < -0.39 is 25.0 Å². The molecule has 1 aliphatic heterocycles. The van der Waals surface area contributed by atoms with Gasteiger partial charge in [0.05, 0.1) is 22.3 Å². The summed E-state index contributed by atoms with van der Waals surface area (Å²) in [6, 6.07) is 6.10.